The Bertz CT molecular complexity index is 712. The monoisotopic (exact) mass is 302 g/mol. The van der Waals surface area contributed by atoms with Crippen LogP contribution in [0.5, 0.6) is 0 Å². The lowest BCUT2D eigenvalue weighted by Crippen LogP contribution is -2.07. The summed E-state index contributed by atoms with van der Waals surface area (Å²) in [5, 5.41) is 7.10. The Balaban J connectivity index is 1.65. The van der Waals surface area contributed by atoms with Crippen LogP contribution in [0, 0.1) is 0 Å². The highest BCUT2D eigenvalue weighted by molar-refractivity contribution is 7.14. The van der Waals surface area contributed by atoms with Crippen LogP contribution in [-0.2, 0) is 4.79 Å². The van der Waals surface area contributed by atoms with Crippen molar-refractivity contribution >= 4 is 39.8 Å². The fourth-order valence-corrected chi connectivity index (χ4v) is 2.88. The third-order valence-corrected chi connectivity index (χ3v) is 4.05. The number of hydrogen-bond donors (Lipinski definition) is 1. The van der Waals surface area contributed by atoms with Gasteiger partial charge in [0.05, 0.1) is 6.26 Å². The molecule has 1 amide bonds. The molecule has 0 aliphatic heterocycles. The number of hydrogen-bond acceptors (Lipinski definition) is 5. The summed E-state index contributed by atoms with van der Waals surface area (Å²) in [4.78, 5) is 17.1. The Morgan fingerprint density at radius 3 is 3.00 bits per heavy atom. The molecule has 0 aromatic carbocycles. The zero-order valence-corrected chi connectivity index (χ0v) is 11.9. The number of aromatic nitrogens is 1. The fraction of sp³-hybridized carbons (Fsp3) is 0. The summed E-state index contributed by atoms with van der Waals surface area (Å²) in [5.41, 5.74) is 0.720. The molecule has 1 N–H and O–H groups in total. The van der Waals surface area contributed by atoms with Gasteiger partial charge in [0, 0.05) is 16.3 Å². The molecule has 0 spiro atoms. The zero-order valence-electron chi connectivity index (χ0n) is 10.3. The predicted molar refractivity (Wildman–Crippen MR) is 81.8 cm³/mol. The summed E-state index contributed by atoms with van der Waals surface area (Å²) in [6, 6.07) is 7.53. The Morgan fingerprint density at radius 2 is 2.25 bits per heavy atom. The van der Waals surface area contributed by atoms with Crippen molar-refractivity contribution < 1.29 is 9.21 Å². The maximum absolute atomic E-state index is 11.8. The molecule has 0 saturated carbocycles. The minimum Gasteiger partial charge on any atom is -0.463 e. The van der Waals surface area contributed by atoms with Crippen LogP contribution < -0.4 is 5.32 Å². The van der Waals surface area contributed by atoms with Crippen LogP contribution in [0.4, 0.5) is 5.13 Å². The van der Waals surface area contributed by atoms with Crippen molar-refractivity contribution in [1.29, 1.82) is 0 Å². The maximum Gasteiger partial charge on any atom is 0.250 e. The second-order valence-electron chi connectivity index (χ2n) is 3.85. The van der Waals surface area contributed by atoms with Crippen LogP contribution in [0.2, 0.25) is 0 Å². The second kappa shape index (κ2) is 5.85. The molecule has 0 aliphatic rings. The van der Waals surface area contributed by atoms with Gasteiger partial charge in [-0.25, -0.2) is 4.98 Å². The maximum atomic E-state index is 11.8. The smallest absolute Gasteiger partial charge is 0.250 e. The number of anilines is 1. The summed E-state index contributed by atoms with van der Waals surface area (Å²) < 4.78 is 5.25. The molecule has 0 unspecified atom stereocenters. The van der Waals surface area contributed by atoms with Crippen molar-refractivity contribution in [2.75, 3.05) is 5.32 Å². The van der Waals surface area contributed by atoms with Gasteiger partial charge in [0.2, 0.25) is 5.91 Å². The van der Waals surface area contributed by atoms with Gasteiger partial charge in [-0.05, 0) is 29.7 Å². The molecule has 0 atom stereocenters. The van der Waals surface area contributed by atoms with E-state index in [1.54, 1.807) is 29.7 Å². The van der Waals surface area contributed by atoms with E-state index in [2.05, 4.69) is 10.3 Å². The molecule has 0 bridgehead atoms. The van der Waals surface area contributed by atoms with E-state index in [0.29, 0.717) is 10.9 Å². The number of rotatable bonds is 4. The van der Waals surface area contributed by atoms with Crippen LogP contribution in [0.3, 0.4) is 0 Å². The number of thiophene rings is 1. The summed E-state index contributed by atoms with van der Waals surface area (Å²) in [6.45, 7) is 0. The first-order valence-corrected chi connectivity index (χ1v) is 7.59. The highest BCUT2D eigenvalue weighted by atomic mass is 32.1. The number of amides is 1. The minimum atomic E-state index is -0.196. The quantitative estimate of drug-likeness (QED) is 0.738. The topological polar surface area (TPSA) is 55.1 Å². The Kier molecular flexibility index (Phi) is 3.76. The number of carbonyl (C=O) groups excluding carboxylic acids is 1. The van der Waals surface area contributed by atoms with Gasteiger partial charge in [-0.3, -0.25) is 10.1 Å². The van der Waals surface area contributed by atoms with Gasteiger partial charge in [0.15, 0.2) is 10.9 Å². The van der Waals surface area contributed by atoms with Crippen molar-refractivity contribution in [3.63, 3.8) is 0 Å². The van der Waals surface area contributed by atoms with E-state index < -0.39 is 0 Å². The van der Waals surface area contributed by atoms with Crippen LogP contribution in [-0.4, -0.2) is 10.9 Å². The van der Waals surface area contributed by atoms with E-state index in [-0.39, 0.29) is 5.91 Å². The van der Waals surface area contributed by atoms with E-state index >= 15 is 0 Å². The molecule has 20 heavy (non-hydrogen) atoms. The third-order valence-electron chi connectivity index (χ3n) is 2.45. The van der Waals surface area contributed by atoms with Crippen molar-refractivity contribution in [1.82, 2.24) is 4.98 Å². The van der Waals surface area contributed by atoms with Gasteiger partial charge in [0.25, 0.3) is 0 Å². The summed E-state index contributed by atoms with van der Waals surface area (Å²) >= 11 is 2.95. The standard InChI is InChI=1S/C14H10N2O2S2/c17-13(6-5-10-3-2-8-19-10)16-14-15-11(9-20-14)12-4-1-7-18-12/h1-9H,(H,15,16,17)/b6-5+. The molecule has 3 aromatic rings. The zero-order chi connectivity index (χ0) is 13.8. The average Bonchev–Trinajstić information content (AvgIpc) is 3.18. The van der Waals surface area contributed by atoms with Crippen molar-refractivity contribution in [3.8, 4) is 11.5 Å². The van der Waals surface area contributed by atoms with Gasteiger partial charge >= 0.3 is 0 Å². The number of nitrogens with one attached hydrogen (secondary N) is 1. The van der Waals surface area contributed by atoms with Crippen LogP contribution in [0.15, 0.2) is 51.8 Å². The predicted octanol–water partition coefficient (Wildman–Crippen LogP) is 4.12. The normalized spacial score (nSPS) is 11.0. The first-order chi connectivity index (χ1) is 9.81. The van der Waals surface area contributed by atoms with E-state index in [4.69, 9.17) is 4.42 Å². The first kappa shape index (κ1) is 12.8. The van der Waals surface area contributed by atoms with Gasteiger partial charge in [-0.1, -0.05) is 6.07 Å². The number of furan rings is 1. The van der Waals surface area contributed by atoms with Crippen molar-refractivity contribution in [2.45, 2.75) is 0 Å². The average molecular weight is 302 g/mol. The molecule has 4 nitrogen and oxygen atoms in total. The molecular weight excluding hydrogens is 292 g/mol. The van der Waals surface area contributed by atoms with Crippen LogP contribution in [0.25, 0.3) is 17.5 Å². The molecule has 0 aliphatic carbocycles. The minimum absolute atomic E-state index is 0.196. The molecule has 3 rings (SSSR count). The summed E-state index contributed by atoms with van der Waals surface area (Å²) in [7, 11) is 0. The molecule has 3 heterocycles. The molecule has 6 heteroatoms. The van der Waals surface area contributed by atoms with Gasteiger partial charge in [0.1, 0.15) is 5.69 Å². The summed E-state index contributed by atoms with van der Waals surface area (Å²) in [6.07, 6.45) is 4.87. The van der Waals surface area contributed by atoms with Gasteiger partial charge in [-0.2, -0.15) is 0 Å². The van der Waals surface area contributed by atoms with E-state index in [0.717, 1.165) is 10.6 Å². The highest BCUT2D eigenvalue weighted by Gasteiger charge is 2.07. The SMILES string of the molecule is O=C(/C=C/c1cccs1)Nc1nc(-c2ccco2)cs1. The largest absolute Gasteiger partial charge is 0.463 e. The first-order valence-electron chi connectivity index (χ1n) is 5.83. The summed E-state index contributed by atoms with van der Waals surface area (Å²) in [5.74, 6) is 0.495. The lowest BCUT2D eigenvalue weighted by Gasteiger charge is -1.95. The Labute approximate surface area is 123 Å². The van der Waals surface area contributed by atoms with Crippen molar-refractivity contribution in [2.24, 2.45) is 0 Å². The van der Waals surface area contributed by atoms with Crippen molar-refractivity contribution in [3.05, 3.63) is 52.2 Å². The highest BCUT2D eigenvalue weighted by Crippen LogP contribution is 2.25. The molecule has 3 aromatic heterocycles. The number of nitrogens with zero attached hydrogens (tertiary/aromatic N) is 1. The molecular formula is C14H10N2O2S2. The fourth-order valence-electron chi connectivity index (χ4n) is 1.56. The molecule has 0 radical (unpaired) electrons. The third kappa shape index (κ3) is 3.04. The molecule has 0 saturated heterocycles. The second-order valence-corrected chi connectivity index (χ2v) is 5.69. The number of carbonyl (C=O) groups is 1. The molecule has 0 fully saturated rings. The lowest BCUT2D eigenvalue weighted by atomic mass is 10.4. The van der Waals surface area contributed by atoms with Gasteiger partial charge < -0.3 is 4.42 Å². The number of thiazole rings is 1. The lowest BCUT2D eigenvalue weighted by molar-refractivity contribution is -0.111. The van der Waals surface area contributed by atoms with E-state index in [9.17, 15) is 4.79 Å². The van der Waals surface area contributed by atoms with Crippen LogP contribution >= 0.6 is 22.7 Å². The van der Waals surface area contributed by atoms with Gasteiger partial charge in [-0.15, -0.1) is 22.7 Å². The Morgan fingerprint density at radius 1 is 1.30 bits per heavy atom. The molecule has 100 valence electrons. The van der Waals surface area contributed by atoms with E-state index in [1.807, 2.05) is 29.0 Å². The van der Waals surface area contributed by atoms with E-state index in [1.165, 1.54) is 17.4 Å². The Hall–Kier alpha value is -2.18. The van der Waals surface area contributed by atoms with Crippen LogP contribution in [0.1, 0.15) is 4.88 Å².